The van der Waals surface area contributed by atoms with Gasteiger partial charge in [0, 0.05) is 16.8 Å². The van der Waals surface area contributed by atoms with Gasteiger partial charge in [0.2, 0.25) is 0 Å². The first-order chi connectivity index (χ1) is 7.16. The molecule has 0 saturated heterocycles. The topological polar surface area (TPSA) is 25.8 Å². The lowest BCUT2D eigenvalue weighted by Gasteiger charge is -2.03. The van der Waals surface area contributed by atoms with Gasteiger partial charge in [0.1, 0.15) is 17.3 Å². The Kier molecular flexibility index (Phi) is 2.84. The Labute approximate surface area is 95.7 Å². The summed E-state index contributed by atoms with van der Waals surface area (Å²) in [6.07, 6.45) is 2.84. The Bertz CT molecular complexity index is 482. The van der Waals surface area contributed by atoms with E-state index in [-0.39, 0.29) is 5.15 Å². The molecule has 0 amide bonds. The van der Waals surface area contributed by atoms with E-state index < -0.39 is 5.82 Å². The molecule has 1 heterocycles. The van der Waals surface area contributed by atoms with Crippen molar-refractivity contribution in [2.45, 2.75) is 0 Å². The Morgan fingerprint density at radius 1 is 1.13 bits per heavy atom. The van der Waals surface area contributed by atoms with Crippen LogP contribution in [0.4, 0.5) is 4.39 Å². The fourth-order valence-corrected chi connectivity index (χ4v) is 1.64. The van der Waals surface area contributed by atoms with Crippen LogP contribution >= 0.6 is 23.2 Å². The molecule has 0 spiro atoms. The van der Waals surface area contributed by atoms with Gasteiger partial charge in [-0.15, -0.1) is 0 Å². The van der Waals surface area contributed by atoms with Gasteiger partial charge in [-0.1, -0.05) is 23.2 Å². The zero-order valence-electron chi connectivity index (χ0n) is 7.42. The maximum atomic E-state index is 13.1. The van der Waals surface area contributed by atoms with Crippen molar-refractivity contribution in [1.29, 1.82) is 0 Å². The number of hydrogen-bond acceptors (Lipinski definition) is 2. The van der Waals surface area contributed by atoms with Crippen molar-refractivity contribution in [3.63, 3.8) is 0 Å². The lowest BCUT2D eigenvalue weighted by Crippen LogP contribution is -1.86. The Balaban J connectivity index is 2.59. The summed E-state index contributed by atoms with van der Waals surface area (Å²) in [6, 6.07) is 4.16. The zero-order valence-corrected chi connectivity index (χ0v) is 8.93. The Morgan fingerprint density at radius 2 is 1.93 bits per heavy atom. The molecular formula is C10H5Cl2FN2. The molecule has 0 unspecified atom stereocenters. The molecule has 0 saturated carbocycles. The van der Waals surface area contributed by atoms with Crippen LogP contribution < -0.4 is 0 Å². The highest BCUT2D eigenvalue weighted by Gasteiger charge is 2.06. The summed E-state index contributed by atoms with van der Waals surface area (Å²) in [6.45, 7) is 0. The lowest BCUT2D eigenvalue weighted by atomic mass is 10.1. The molecule has 2 rings (SSSR count). The summed E-state index contributed by atoms with van der Waals surface area (Å²) in [5.41, 5.74) is 1.12. The van der Waals surface area contributed by atoms with E-state index >= 15 is 0 Å². The fourth-order valence-electron chi connectivity index (χ4n) is 1.22. The van der Waals surface area contributed by atoms with E-state index in [4.69, 9.17) is 23.2 Å². The molecule has 2 aromatic rings. The molecule has 0 bridgehead atoms. The third-order valence-corrected chi connectivity index (χ3v) is 2.36. The van der Waals surface area contributed by atoms with Gasteiger partial charge in [0.25, 0.3) is 0 Å². The molecular weight excluding hydrogens is 238 g/mol. The van der Waals surface area contributed by atoms with E-state index in [0.717, 1.165) is 0 Å². The first kappa shape index (κ1) is 10.3. The van der Waals surface area contributed by atoms with Gasteiger partial charge in [-0.05, 0) is 23.8 Å². The molecule has 15 heavy (non-hydrogen) atoms. The second kappa shape index (κ2) is 4.13. The molecule has 0 radical (unpaired) electrons. The van der Waals surface area contributed by atoms with Crippen LogP contribution in [-0.2, 0) is 0 Å². The molecule has 0 aliphatic carbocycles. The van der Waals surface area contributed by atoms with Crippen molar-refractivity contribution in [1.82, 2.24) is 9.97 Å². The number of halogens is 3. The molecule has 76 valence electrons. The summed E-state index contributed by atoms with van der Waals surface area (Å²) in [5, 5.41) is 0.580. The maximum Gasteiger partial charge on any atom is 0.140 e. The second-order valence-electron chi connectivity index (χ2n) is 2.89. The van der Waals surface area contributed by atoms with Crippen molar-refractivity contribution >= 4 is 23.2 Å². The number of aromatic nitrogens is 2. The second-order valence-corrected chi connectivity index (χ2v) is 3.68. The van der Waals surface area contributed by atoms with E-state index in [1.807, 2.05) is 0 Å². The average Bonchev–Trinajstić information content (AvgIpc) is 2.16. The fraction of sp³-hybridized carbons (Fsp3) is 0. The smallest absolute Gasteiger partial charge is 0.140 e. The van der Waals surface area contributed by atoms with Gasteiger partial charge in [-0.3, -0.25) is 0 Å². The molecule has 0 N–H and O–H groups in total. The van der Waals surface area contributed by atoms with Crippen molar-refractivity contribution in [3.05, 3.63) is 46.7 Å². The number of benzene rings is 1. The average molecular weight is 243 g/mol. The quantitative estimate of drug-likeness (QED) is 0.715. The summed E-state index contributed by atoms with van der Waals surface area (Å²) >= 11 is 11.6. The van der Waals surface area contributed by atoms with Crippen molar-refractivity contribution in [2.75, 3.05) is 0 Å². The van der Waals surface area contributed by atoms with Crippen LogP contribution in [0.1, 0.15) is 0 Å². The van der Waals surface area contributed by atoms with Gasteiger partial charge in [0.15, 0.2) is 0 Å². The first-order valence-electron chi connectivity index (χ1n) is 4.09. The highest BCUT2D eigenvalue weighted by atomic mass is 35.5. The SMILES string of the molecule is Fc1cc(Cl)cc(-c2cncnc2Cl)c1. The molecule has 0 fully saturated rings. The molecule has 0 aliphatic rings. The summed E-state index contributed by atoms with van der Waals surface area (Å²) in [4.78, 5) is 7.62. The van der Waals surface area contributed by atoms with Crippen LogP contribution in [0.5, 0.6) is 0 Å². The van der Waals surface area contributed by atoms with Gasteiger partial charge >= 0.3 is 0 Å². The highest BCUT2D eigenvalue weighted by molar-refractivity contribution is 6.32. The summed E-state index contributed by atoms with van der Waals surface area (Å²) in [7, 11) is 0. The van der Waals surface area contributed by atoms with Crippen LogP contribution in [-0.4, -0.2) is 9.97 Å². The van der Waals surface area contributed by atoms with E-state index in [1.165, 1.54) is 24.7 Å². The standard InChI is InChI=1S/C10H5Cl2FN2/c11-7-1-6(2-8(13)3-7)9-4-14-5-15-10(9)12/h1-5H. The Hall–Kier alpha value is -1.19. The highest BCUT2D eigenvalue weighted by Crippen LogP contribution is 2.27. The largest absolute Gasteiger partial charge is 0.244 e. The molecule has 1 aromatic heterocycles. The minimum Gasteiger partial charge on any atom is -0.244 e. The van der Waals surface area contributed by atoms with Crippen LogP contribution in [0.15, 0.2) is 30.7 Å². The summed E-state index contributed by atoms with van der Waals surface area (Å²) in [5.74, 6) is -0.419. The zero-order chi connectivity index (χ0) is 10.8. The third-order valence-electron chi connectivity index (χ3n) is 1.84. The van der Waals surface area contributed by atoms with Crippen LogP contribution in [0.3, 0.4) is 0 Å². The third kappa shape index (κ3) is 2.25. The van der Waals surface area contributed by atoms with Gasteiger partial charge in [0.05, 0.1) is 0 Å². The van der Waals surface area contributed by atoms with Gasteiger partial charge in [-0.25, -0.2) is 14.4 Å². The van der Waals surface area contributed by atoms with E-state index in [9.17, 15) is 4.39 Å². The van der Waals surface area contributed by atoms with Crippen LogP contribution in [0.25, 0.3) is 11.1 Å². The first-order valence-corrected chi connectivity index (χ1v) is 4.84. The van der Waals surface area contributed by atoms with E-state index in [1.54, 1.807) is 6.07 Å². The van der Waals surface area contributed by atoms with Crippen LogP contribution in [0, 0.1) is 5.82 Å². The van der Waals surface area contributed by atoms with E-state index in [0.29, 0.717) is 16.1 Å². The molecule has 2 nitrogen and oxygen atoms in total. The minimum absolute atomic E-state index is 0.270. The summed E-state index contributed by atoms with van der Waals surface area (Å²) < 4.78 is 13.1. The van der Waals surface area contributed by atoms with Crippen molar-refractivity contribution < 1.29 is 4.39 Å². The van der Waals surface area contributed by atoms with Crippen molar-refractivity contribution in [3.8, 4) is 11.1 Å². The monoisotopic (exact) mass is 242 g/mol. The molecule has 0 atom stereocenters. The predicted octanol–water partition coefficient (Wildman–Crippen LogP) is 3.59. The van der Waals surface area contributed by atoms with E-state index in [2.05, 4.69) is 9.97 Å². The number of hydrogen-bond donors (Lipinski definition) is 0. The molecule has 1 aromatic carbocycles. The lowest BCUT2D eigenvalue weighted by molar-refractivity contribution is 0.628. The van der Waals surface area contributed by atoms with Crippen molar-refractivity contribution in [2.24, 2.45) is 0 Å². The normalized spacial score (nSPS) is 10.3. The van der Waals surface area contributed by atoms with Gasteiger partial charge in [-0.2, -0.15) is 0 Å². The predicted molar refractivity (Wildman–Crippen MR) is 57.4 cm³/mol. The minimum atomic E-state index is -0.419. The number of rotatable bonds is 1. The Morgan fingerprint density at radius 3 is 2.60 bits per heavy atom. The molecule has 5 heteroatoms. The number of nitrogens with zero attached hydrogens (tertiary/aromatic N) is 2. The molecule has 0 aliphatic heterocycles. The van der Waals surface area contributed by atoms with Gasteiger partial charge < -0.3 is 0 Å². The van der Waals surface area contributed by atoms with Crippen LogP contribution in [0.2, 0.25) is 10.2 Å². The maximum absolute atomic E-state index is 13.1.